The van der Waals surface area contributed by atoms with Crippen LogP contribution in [0.2, 0.25) is 0 Å². The van der Waals surface area contributed by atoms with Crippen molar-refractivity contribution in [1.82, 2.24) is 0 Å². The fourth-order valence-electron chi connectivity index (χ4n) is 2.64. The van der Waals surface area contributed by atoms with Gasteiger partial charge in [0.25, 0.3) is 0 Å². The van der Waals surface area contributed by atoms with Crippen molar-refractivity contribution in [2.75, 3.05) is 0 Å². The summed E-state index contributed by atoms with van der Waals surface area (Å²) >= 11 is 0. The van der Waals surface area contributed by atoms with Crippen molar-refractivity contribution >= 4 is 11.9 Å². The van der Waals surface area contributed by atoms with E-state index in [-0.39, 0.29) is 5.92 Å². The summed E-state index contributed by atoms with van der Waals surface area (Å²) in [7, 11) is 0. The number of carbonyl (C=O) groups excluding carboxylic acids is 1. The number of hydrogen-bond acceptors (Lipinski definition) is 1. The quantitative estimate of drug-likeness (QED) is 0.797. The van der Waals surface area contributed by atoms with Gasteiger partial charge in [-0.2, -0.15) is 0 Å². The lowest BCUT2D eigenvalue weighted by Gasteiger charge is -2.02. The van der Waals surface area contributed by atoms with Crippen LogP contribution < -0.4 is 0 Å². The minimum atomic E-state index is 0.123. The van der Waals surface area contributed by atoms with Gasteiger partial charge in [-0.15, -0.1) is 0 Å². The molecule has 3 rings (SSSR count). The first-order valence-electron chi connectivity index (χ1n) is 6.68. The zero-order valence-corrected chi connectivity index (χ0v) is 10.8. The molecule has 0 aliphatic heterocycles. The van der Waals surface area contributed by atoms with Gasteiger partial charge in [-0.1, -0.05) is 66.7 Å². The molecule has 0 spiro atoms. The molecule has 1 aliphatic rings. The number of rotatable bonds is 3. The second-order valence-electron chi connectivity index (χ2n) is 4.97. The molecule has 0 N–H and O–H groups in total. The number of allylic oxidation sites excluding steroid dienone is 1. The molecule has 2 aromatic carbocycles. The Balaban J connectivity index is 1.67. The second kappa shape index (κ2) is 5.23. The summed E-state index contributed by atoms with van der Waals surface area (Å²) in [5, 5.41) is 0. The van der Waals surface area contributed by atoms with Crippen LogP contribution >= 0.6 is 0 Å². The van der Waals surface area contributed by atoms with Crippen LogP contribution in [0.3, 0.4) is 0 Å². The molecule has 0 saturated heterocycles. The minimum absolute atomic E-state index is 0.123. The fraction of sp³-hybridized carbons (Fsp3) is 0.167. The molecule has 2 aromatic rings. The lowest BCUT2D eigenvalue weighted by molar-refractivity contribution is 0.0938. The summed E-state index contributed by atoms with van der Waals surface area (Å²) in [5.74, 6) is 0.422. The summed E-state index contributed by atoms with van der Waals surface area (Å²) < 4.78 is 0. The molecular formula is C18H16O. The van der Waals surface area contributed by atoms with Crippen LogP contribution in [0.1, 0.15) is 27.9 Å². The smallest absolute Gasteiger partial charge is 0.166 e. The summed E-state index contributed by atoms with van der Waals surface area (Å²) in [5.41, 5.74) is 3.30. The van der Waals surface area contributed by atoms with Crippen molar-refractivity contribution in [2.45, 2.75) is 12.8 Å². The van der Waals surface area contributed by atoms with Crippen LogP contribution in [0.15, 0.2) is 60.7 Å². The molecule has 0 saturated carbocycles. The Morgan fingerprint density at radius 3 is 2.53 bits per heavy atom. The lowest BCUT2D eigenvalue weighted by atomic mass is 10.0. The number of fused-ring (bicyclic) bond motifs is 1. The van der Waals surface area contributed by atoms with Crippen LogP contribution in [-0.2, 0) is 6.42 Å². The van der Waals surface area contributed by atoms with E-state index in [1.807, 2.05) is 36.4 Å². The zero-order chi connectivity index (χ0) is 13.1. The number of hydrogen-bond donors (Lipinski definition) is 0. The molecule has 1 heteroatoms. The van der Waals surface area contributed by atoms with E-state index in [2.05, 4.69) is 30.4 Å². The standard InChI is InChI=1S/C18H16O/c19-18-16(13-15-10-4-5-12-17(15)18)11-6-9-14-7-2-1-3-8-14/h1-10,12,16H,11,13H2. The number of Topliss-reactive ketones (excluding diaryl/α,β-unsaturated/α-hetero) is 1. The molecule has 0 heterocycles. The molecule has 0 aromatic heterocycles. The van der Waals surface area contributed by atoms with E-state index in [9.17, 15) is 4.79 Å². The summed E-state index contributed by atoms with van der Waals surface area (Å²) in [6, 6.07) is 18.2. The van der Waals surface area contributed by atoms with Crippen LogP contribution in [-0.4, -0.2) is 5.78 Å². The SMILES string of the molecule is O=C1c2ccccc2CC1CC=Cc1ccccc1. The highest BCUT2D eigenvalue weighted by atomic mass is 16.1. The van der Waals surface area contributed by atoms with E-state index in [0.29, 0.717) is 5.78 Å². The van der Waals surface area contributed by atoms with Crippen LogP contribution in [0.25, 0.3) is 6.08 Å². The average molecular weight is 248 g/mol. The molecule has 0 amide bonds. The first-order chi connectivity index (χ1) is 9.34. The monoisotopic (exact) mass is 248 g/mol. The molecule has 1 aliphatic carbocycles. The minimum Gasteiger partial charge on any atom is -0.294 e. The summed E-state index contributed by atoms with van der Waals surface area (Å²) in [6.45, 7) is 0. The average Bonchev–Trinajstić information content (AvgIpc) is 2.78. The van der Waals surface area contributed by atoms with Crippen LogP contribution in [0.5, 0.6) is 0 Å². The molecule has 1 nitrogen and oxygen atoms in total. The van der Waals surface area contributed by atoms with Crippen molar-refractivity contribution in [3.05, 3.63) is 77.4 Å². The Bertz CT molecular complexity index is 611. The Kier molecular flexibility index (Phi) is 3.28. The van der Waals surface area contributed by atoms with Gasteiger partial charge in [0.05, 0.1) is 0 Å². The molecule has 1 unspecified atom stereocenters. The van der Waals surface area contributed by atoms with Gasteiger partial charge in [0.1, 0.15) is 0 Å². The van der Waals surface area contributed by atoms with E-state index in [1.54, 1.807) is 0 Å². The van der Waals surface area contributed by atoms with Gasteiger partial charge in [0.2, 0.25) is 0 Å². The molecule has 0 bridgehead atoms. The Labute approximate surface area is 113 Å². The van der Waals surface area contributed by atoms with E-state index >= 15 is 0 Å². The molecule has 1 atom stereocenters. The number of carbonyl (C=O) groups is 1. The third kappa shape index (κ3) is 2.50. The summed E-state index contributed by atoms with van der Waals surface area (Å²) in [6.07, 6.45) is 5.91. The topological polar surface area (TPSA) is 17.1 Å². The molecule has 0 fully saturated rings. The lowest BCUT2D eigenvalue weighted by Crippen LogP contribution is -2.07. The van der Waals surface area contributed by atoms with Crippen molar-refractivity contribution in [3.8, 4) is 0 Å². The van der Waals surface area contributed by atoms with Gasteiger partial charge in [0.15, 0.2) is 5.78 Å². The van der Waals surface area contributed by atoms with Crippen molar-refractivity contribution in [3.63, 3.8) is 0 Å². The largest absolute Gasteiger partial charge is 0.294 e. The maximum Gasteiger partial charge on any atom is 0.166 e. The maximum atomic E-state index is 12.2. The number of ketones is 1. The van der Waals surface area contributed by atoms with E-state index in [1.165, 1.54) is 11.1 Å². The fourth-order valence-corrected chi connectivity index (χ4v) is 2.64. The van der Waals surface area contributed by atoms with Gasteiger partial charge in [-0.3, -0.25) is 4.79 Å². The third-order valence-corrected chi connectivity index (χ3v) is 3.65. The maximum absolute atomic E-state index is 12.2. The van der Waals surface area contributed by atoms with E-state index in [0.717, 1.165) is 18.4 Å². The van der Waals surface area contributed by atoms with Gasteiger partial charge in [-0.25, -0.2) is 0 Å². The van der Waals surface area contributed by atoms with Gasteiger partial charge in [0, 0.05) is 11.5 Å². The van der Waals surface area contributed by atoms with E-state index in [4.69, 9.17) is 0 Å². The van der Waals surface area contributed by atoms with Crippen molar-refractivity contribution in [1.29, 1.82) is 0 Å². The second-order valence-corrected chi connectivity index (χ2v) is 4.97. The van der Waals surface area contributed by atoms with Gasteiger partial charge >= 0.3 is 0 Å². The Morgan fingerprint density at radius 2 is 1.74 bits per heavy atom. The zero-order valence-electron chi connectivity index (χ0n) is 10.8. The first-order valence-corrected chi connectivity index (χ1v) is 6.68. The van der Waals surface area contributed by atoms with Gasteiger partial charge < -0.3 is 0 Å². The normalized spacial score (nSPS) is 17.9. The third-order valence-electron chi connectivity index (χ3n) is 3.65. The van der Waals surface area contributed by atoms with Gasteiger partial charge in [-0.05, 0) is 24.0 Å². The Hall–Kier alpha value is -2.15. The molecule has 0 radical (unpaired) electrons. The highest BCUT2D eigenvalue weighted by molar-refractivity contribution is 6.02. The highest BCUT2D eigenvalue weighted by Gasteiger charge is 2.28. The van der Waals surface area contributed by atoms with Crippen molar-refractivity contribution in [2.24, 2.45) is 5.92 Å². The highest BCUT2D eigenvalue weighted by Crippen LogP contribution is 2.28. The molecular weight excluding hydrogens is 232 g/mol. The van der Waals surface area contributed by atoms with Crippen LogP contribution in [0.4, 0.5) is 0 Å². The number of benzene rings is 2. The predicted octanol–water partition coefficient (Wildman–Crippen LogP) is 4.15. The molecule has 94 valence electrons. The van der Waals surface area contributed by atoms with Crippen molar-refractivity contribution < 1.29 is 4.79 Å². The molecule has 19 heavy (non-hydrogen) atoms. The van der Waals surface area contributed by atoms with Crippen LogP contribution in [0, 0.1) is 5.92 Å². The van der Waals surface area contributed by atoms with E-state index < -0.39 is 0 Å². The summed E-state index contributed by atoms with van der Waals surface area (Å²) in [4.78, 5) is 12.2. The first kappa shape index (κ1) is 11.9. The predicted molar refractivity (Wildman–Crippen MR) is 78.1 cm³/mol. The Morgan fingerprint density at radius 1 is 1.00 bits per heavy atom.